The average molecular weight is 229 g/mol. The molecule has 5 heteroatoms. The molecule has 4 N–H and O–H groups in total. The highest BCUT2D eigenvalue weighted by Crippen LogP contribution is 2.00. The van der Waals surface area contributed by atoms with E-state index in [0.717, 1.165) is 24.5 Å². The molecule has 4 nitrogen and oxygen atoms in total. The van der Waals surface area contributed by atoms with Crippen LogP contribution in [0.3, 0.4) is 0 Å². The first kappa shape index (κ1) is 14.1. The summed E-state index contributed by atoms with van der Waals surface area (Å²) in [6.45, 7) is 2.96. The Morgan fingerprint density at radius 1 is 1.73 bits per heavy atom. The molecular formula is C10H19N3OS. The van der Waals surface area contributed by atoms with E-state index in [1.165, 1.54) is 0 Å². The van der Waals surface area contributed by atoms with Crippen LogP contribution in [0.5, 0.6) is 0 Å². The van der Waals surface area contributed by atoms with Gasteiger partial charge in [0.2, 0.25) is 0 Å². The van der Waals surface area contributed by atoms with Gasteiger partial charge in [0.1, 0.15) is 5.84 Å². The molecule has 0 saturated carbocycles. The third-order valence-corrected chi connectivity index (χ3v) is 2.81. The minimum Gasteiger partial charge on any atom is -0.409 e. The van der Waals surface area contributed by atoms with Crippen LogP contribution in [0, 0.1) is 12.3 Å². The molecular weight excluding hydrogens is 210 g/mol. The average Bonchev–Trinajstić information content (AvgIpc) is 2.26. The molecule has 0 aliphatic heterocycles. The second-order valence-electron chi connectivity index (χ2n) is 3.11. The van der Waals surface area contributed by atoms with Crippen molar-refractivity contribution in [2.24, 2.45) is 10.9 Å². The first-order valence-electron chi connectivity index (χ1n) is 4.95. The molecule has 1 unspecified atom stereocenters. The Bertz CT molecular complexity index is 225. The predicted molar refractivity (Wildman–Crippen MR) is 66.3 cm³/mol. The van der Waals surface area contributed by atoms with E-state index in [-0.39, 0.29) is 11.9 Å². The fraction of sp³-hybridized carbons (Fsp3) is 0.700. The Labute approximate surface area is 95.7 Å². The summed E-state index contributed by atoms with van der Waals surface area (Å²) in [6, 6.07) is 0.271. The van der Waals surface area contributed by atoms with Crippen LogP contribution >= 0.6 is 11.8 Å². The first-order valence-corrected chi connectivity index (χ1v) is 6.11. The van der Waals surface area contributed by atoms with E-state index in [0.29, 0.717) is 6.42 Å². The van der Waals surface area contributed by atoms with E-state index in [4.69, 9.17) is 17.4 Å². The van der Waals surface area contributed by atoms with Crippen LogP contribution < -0.4 is 11.1 Å². The molecule has 1 atom stereocenters. The molecule has 0 rings (SSSR count). The molecule has 15 heavy (non-hydrogen) atoms. The number of thioether (sulfide) groups is 1. The molecule has 0 amide bonds. The number of nitrogens with two attached hydrogens (primary N) is 1. The van der Waals surface area contributed by atoms with Crippen LogP contribution in [0.1, 0.15) is 19.8 Å². The number of hydrogen-bond acceptors (Lipinski definition) is 4. The van der Waals surface area contributed by atoms with Gasteiger partial charge in [0.05, 0.1) is 5.75 Å². The summed E-state index contributed by atoms with van der Waals surface area (Å²) in [5.41, 5.74) is 5.43. The minimum absolute atomic E-state index is 0.269. The van der Waals surface area contributed by atoms with Crippen LogP contribution in [0.15, 0.2) is 5.16 Å². The molecule has 0 heterocycles. The SMILES string of the molecule is C#CCSCCNC(CC)CC(N)=NO. The summed E-state index contributed by atoms with van der Waals surface area (Å²) < 4.78 is 0. The smallest absolute Gasteiger partial charge is 0.140 e. The van der Waals surface area contributed by atoms with Gasteiger partial charge < -0.3 is 16.3 Å². The van der Waals surface area contributed by atoms with Crippen LogP contribution in [0.25, 0.3) is 0 Å². The van der Waals surface area contributed by atoms with Gasteiger partial charge >= 0.3 is 0 Å². The molecule has 0 aromatic heterocycles. The van der Waals surface area contributed by atoms with Crippen molar-refractivity contribution in [3.05, 3.63) is 0 Å². The van der Waals surface area contributed by atoms with Gasteiger partial charge in [-0.05, 0) is 6.42 Å². The molecule has 0 aliphatic carbocycles. The van der Waals surface area contributed by atoms with E-state index in [9.17, 15) is 0 Å². The van der Waals surface area contributed by atoms with Crippen molar-refractivity contribution < 1.29 is 5.21 Å². The van der Waals surface area contributed by atoms with Gasteiger partial charge in [-0.3, -0.25) is 0 Å². The Morgan fingerprint density at radius 3 is 3.00 bits per heavy atom. The van der Waals surface area contributed by atoms with E-state index in [2.05, 4.69) is 23.3 Å². The quantitative estimate of drug-likeness (QED) is 0.144. The van der Waals surface area contributed by atoms with Gasteiger partial charge in [-0.1, -0.05) is 18.0 Å². The standard InChI is InChI=1S/C10H19N3OS/c1-3-6-15-7-5-12-9(4-2)8-10(11)13-14/h1,9,12,14H,4-8H2,2H3,(H2,11,13). The second-order valence-corrected chi connectivity index (χ2v) is 4.22. The number of oxime groups is 1. The molecule has 0 aromatic rings. The fourth-order valence-electron chi connectivity index (χ4n) is 1.12. The topological polar surface area (TPSA) is 70.6 Å². The van der Waals surface area contributed by atoms with E-state index in [1.54, 1.807) is 11.8 Å². The lowest BCUT2D eigenvalue weighted by Gasteiger charge is -2.15. The number of amidine groups is 1. The molecule has 0 spiro atoms. The summed E-state index contributed by atoms with van der Waals surface area (Å²) in [4.78, 5) is 0. The first-order chi connectivity index (χ1) is 7.24. The van der Waals surface area contributed by atoms with Gasteiger partial charge in [-0.15, -0.1) is 18.2 Å². The lowest BCUT2D eigenvalue weighted by molar-refractivity contribution is 0.315. The van der Waals surface area contributed by atoms with Crippen molar-refractivity contribution in [2.45, 2.75) is 25.8 Å². The van der Waals surface area contributed by atoms with Gasteiger partial charge in [-0.25, -0.2) is 0 Å². The number of hydrogen-bond donors (Lipinski definition) is 3. The maximum absolute atomic E-state index is 8.43. The largest absolute Gasteiger partial charge is 0.409 e. The Morgan fingerprint density at radius 2 is 2.47 bits per heavy atom. The summed E-state index contributed by atoms with van der Waals surface area (Å²) in [5, 5.41) is 14.7. The predicted octanol–water partition coefficient (Wildman–Crippen LogP) is 0.857. The molecule has 0 radical (unpaired) electrons. The third-order valence-electron chi connectivity index (χ3n) is 1.94. The summed E-state index contributed by atoms with van der Waals surface area (Å²) >= 11 is 1.72. The number of rotatable bonds is 8. The Hall–Kier alpha value is -0.860. The lowest BCUT2D eigenvalue weighted by atomic mass is 10.1. The molecule has 0 bridgehead atoms. The maximum atomic E-state index is 8.43. The lowest BCUT2D eigenvalue weighted by Crippen LogP contribution is -2.34. The van der Waals surface area contributed by atoms with Crippen molar-refractivity contribution >= 4 is 17.6 Å². The van der Waals surface area contributed by atoms with Crippen LogP contribution in [-0.2, 0) is 0 Å². The maximum Gasteiger partial charge on any atom is 0.140 e. The van der Waals surface area contributed by atoms with Crippen molar-refractivity contribution in [3.63, 3.8) is 0 Å². The highest BCUT2D eigenvalue weighted by atomic mass is 32.2. The molecule has 0 aliphatic rings. The van der Waals surface area contributed by atoms with Crippen molar-refractivity contribution in [1.29, 1.82) is 0 Å². The van der Waals surface area contributed by atoms with Gasteiger partial charge in [0.15, 0.2) is 0 Å². The van der Waals surface area contributed by atoms with Gasteiger partial charge in [0, 0.05) is 24.8 Å². The molecule has 0 saturated heterocycles. The second kappa shape index (κ2) is 9.69. The zero-order chi connectivity index (χ0) is 11.5. The van der Waals surface area contributed by atoms with Crippen molar-refractivity contribution in [1.82, 2.24) is 5.32 Å². The highest BCUT2D eigenvalue weighted by Gasteiger charge is 2.07. The van der Waals surface area contributed by atoms with Crippen molar-refractivity contribution in [2.75, 3.05) is 18.1 Å². The normalized spacial score (nSPS) is 13.5. The summed E-state index contributed by atoms with van der Waals surface area (Å²) in [6.07, 6.45) is 6.66. The van der Waals surface area contributed by atoms with Crippen LogP contribution in [-0.4, -0.2) is 35.1 Å². The number of nitrogens with one attached hydrogen (secondary N) is 1. The Kier molecular flexibility index (Phi) is 9.13. The minimum atomic E-state index is 0.269. The van der Waals surface area contributed by atoms with E-state index in [1.807, 2.05) is 0 Å². The monoisotopic (exact) mass is 229 g/mol. The van der Waals surface area contributed by atoms with Crippen LogP contribution in [0.2, 0.25) is 0 Å². The Balaban J connectivity index is 3.58. The summed E-state index contributed by atoms with van der Waals surface area (Å²) in [7, 11) is 0. The molecule has 0 aromatic carbocycles. The van der Waals surface area contributed by atoms with E-state index < -0.39 is 0 Å². The number of nitrogens with zero attached hydrogens (tertiary/aromatic N) is 1. The molecule has 86 valence electrons. The molecule has 0 fully saturated rings. The highest BCUT2D eigenvalue weighted by molar-refractivity contribution is 7.99. The van der Waals surface area contributed by atoms with Gasteiger partial charge in [0.25, 0.3) is 0 Å². The zero-order valence-corrected chi connectivity index (χ0v) is 9.89. The van der Waals surface area contributed by atoms with E-state index >= 15 is 0 Å². The van der Waals surface area contributed by atoms with Crippen molar-refractivity contribution in [3.8, 4) is 12.3 Å². The fourth-order valence-corrected chi connectivity index (χ4v) is 1.64. The summed E-state index contributed by atoms with van der Waals surface area (Å²) in [5.74, 6) is 4.57. The van der Waals surface area contributed by atoms with Gasteiger partial charge in [-0.2, -0.15) is 0 Å². The third kappa shape index (κ3) is 8.16. The zero-order valence-electron chi connectivity index (χ0n) is 9.07. The number of terminal acetylenes is 1. The van der Waals surface area contributed by atoms with Crippen LogP contribution in [0.4, 0.5) is 0 Å².